The molecule has 4 rings (SSSR count). The molecule has 0 spiro atoms. The van der Waals surface area contributed by atoms with E-state index in [9.17, 15) is 18.5 Å². The minimum Gasteiger partial charge on any atom is -0.348 e. The molecule has 7 nitrogen and oxygen atoms in total. The zero-order chi connectivity index (χ0) is 22.2. The summed E-state index contributed by atoms with van der Waals surface area (Å²) in [4.78, 5) is 17.3. The lowest BCUT2D eigenvalue weighted by Crippen LogP contribution is -2.39. The van der Waals surface area contributed by atoms with E-state index >= 15 is 0 Å². The van der Waals surface area contributed by atoms with Gasteiger partial charge in [-0.05, 0) is 56.0 Å². The molecule has 1 aliphatic heterocycles. The van der Waals surface area contributed by atoms with E-state index in [1.807, 2.05) is 5.38 Å². The summed E-state index contributed by atoms with van der Waals surface area (Å²) >= 11 is 1.57. The Balaban J connectivity index is 1.44. The molecular formula is C22H23N3O4S2. The van der Waals surface area contributed by atoms with Gasteiger partial charge in [0.25, 0.3) is 5.69 Å². The van der Waals surface area contributed by atoms with E-state index in [-0.39, 0.29) is 10.6 Å². The zero-order valence-electron chi connectivity index (χ0n) is 17.3. The summed E-state index contributed by atoms with van der Waals surface area (Å²) in [5.41, 5.74) is 4.38. The average Bonchev–Trinajstić information content (AvgIpc) is 3.26. The first-order valence-corrected chi connectivity index (χ1v) is 12.4. The van der Waals surface area contributed by atoms with Crippen LogP contribution in [-0.2, 0) is 9.84 Å². The highest BCUT2D eigenvalue weighted by Gasteiger charge is 2.32. The van der Waals surface area contributed by atoms with Gasteiger partial charge in [0.2, 0.25) is 0 Å². The maximum absolute atomic E-state index is 13.0. The number of sulfone groups is 1. The van der Waals surface area contributed by atoms with E-state index in [1.165, 1.54) is 35.4 Å². The normalized spacial score (nSPS) is 15.2. The third-order valence-electron chi connectivity index (χ3n) is 5.82. The minimum atomic E-state index is -3.52. The predicted molar refractivity (Wildman–Crippen MR) is 123 cm³/mol. The Bertz CT molecular complexity index is 1210. The van der Waals surface area contributed by atoms with Crippen molar-refractivity contribution in [3.8, 4) is 11.3 Å². The summed E-state index contributed by atoms with van der Waals surface area (Å²) in [5, 5.41) is 13.3. The molecule has 31 heavy (non-hydrogen) atoms. The molecule has 1 saturated heterocycles. The van der Waals surface area contributed by atoms with Crippen molar-refractivity contribution >= 4 is 32.0 Å². The molecule has 0 aliphatic carbocycles. The van der Waals surface area contributed by atoms with Crippen LogP contribution in [0, 0.1) is 24.0 Å². The van der Waals surface area contributed by atoms with Crippen LogP contribution in [0.3, 0.4) is 0 Å². The van der Waals surface area contributed by atoms with E-state index < -0.39 is 20.0 Å². The van der Waals surface area contributed by atoms with Crippen molar-refractivity contribution in [1.82, 2.24) is 4.98 Å². The van der Waals surface area contributed by atoms with Crippen molar-refractivity contribution in [1.29, 1.82) is 0 Å². The number of nitrogens with zero attached hydrogens (tertiary/aromatic N) is 3. The Morgan fingerprint density at radius 1 is 1.06 bits per heavy atom. The van der Waals surface area contributed by atoms with Crippen molar-refractivity contribution in [2.75, 3.05) is 18.0 Å². The SMILES string of the molecule is Cc1ccc(-c2csc(N3CCC(S(=O)(=O)c4ccc([N+](=O)[O-])cc4)CC3)n2)cc1C. The van der Waals surface area contributed by atoms with Gasteiger partial charge in [-0.15, -0.1) is 11.3 Å². The fourth-order valence-electron chi connectivity index (χ4n) is 3.75. The quantitative estimate of drug-likeness (QED) is 0.404. The van der Waals surface area contributed by atoms with Gasteiger partial charge in [0, 0.05) is 36.2 Å². The Morgan fingerprint density at radius 2 is 1.74 bits per heavy atom. The number of anilines is 1. The number of aromatic nitrogens is 1. The molecule has 0 bridgehead atoms. The number of thiazole rings is 1. The lowest BCUT2D eigenvalue weighted by Gasteiger charge is -2.31. The summed E-state index contributed by atoms with van der Waals surface area (Å²) in [6.07, 6.45) is 0.996. The first-order chi connectivity index (χ1) is 14.8. The van der Waals surface area contributed by atoms with E-state index in [0.717, 1.165) is 16.4 Å². The van der Waals surface area contributed by atoms with Crippen LogP contribution >= 0.6 is 11.3 Å². The summed E-state index contributed by atoms with van der Waals surface area (Å²) in [6, 6.07) is 11.4. The van der Waals surface area contributed by atoms with Gasteiger partial charge in [0.05, 0.1) is 20.8 Å². The standard InChI is InChI=1S/C22H23N3O4S2/c1-15-3-4-17(13-16(15)2)21-14-30-22(23-21)24-11-9-20(10-12-24)31(28,29)19-7-5-18(6-8-19)25(26)27/h3-8,13-14,20H,9-12H2,1-2H3. The average molecular weight is 458 g/mol. The number of hydrogen-bond acceptors (Lipinski definition) is 7. The van der Waals surface area contributed by atoms with E-state index in [4.69, 9.17) is 4.98 Å². The molecule has 2 aromatic carbocycles. The maximum Gasteiger partial charge on any atom is 0.269 e. The van der Waals surface area contributed by atoms with Gasteiger partial charge in [-0.1, -0.05) is 12.1 Å². The largest absolute Gasteiger partial charge is 0.348 e. The van der Waals surface area contributed by atoms with Gasteiger partial charge >= 0.3 is 0 Å². The third kappa shape index (κ3) is 4.33. The van der Waals surface area contributed by atoms with Gasteiger partial charge in [0.1, 0.15) is 0 Å². The summed E-state index contributed by atoms with van der Waals surface area (Å²) < 4.78 is 25.9. The molecule has 2 heterocycles. The molecule has 0 atom stereocenters. The Labute approximate surface area is 185 Å². The number of aryl methyl sites for hydroxylation is 2. The minimum absolute atomic E-state index is 0.114. The van der Waals surface area contributed by atoms with Crippen LogP contribution < -0.4 is 4.90 Å². The molecule has 0 radical (unpaired) electrons. The predicted octanol–water partition coefficient (Wildman–Crippen LogP) is 4.78. The smallest absolute Gasteiger partial charge is 0.269 e. The van der Waals surface area contributed by atoms with E-state index in [0.29, 0.717) is 25.9 Å². The molecule has 162 valence electrons. The van der Waals surface area contributed by atoms with Crippen molar-refractivity contribution in [2.24, 2.45) is 0 Å². The van der Waals surface area contributed by atoms with Crippen molar-refractivity contribution in [2.45, 2.75) is 36.8 Å². The highest BCUT2D eigenvalue weighted by Crippen LogP contribution is 2.32. The molecule has 0 N–H and O–H groups in total. The van der Waals surface area contributed by atoms with Crippen LogP contribution in [0.4, 0.5) is 10.8 Å². The number of nitro groups is 1. The van der Waals surface area contributed by atoms with Crippen LogP contribution in [0.15, 0.2) is 52.7 Å². The zero-order valence-corrected chi connectivity index (χ0v) is 18.9. The molecular weight excluding hydrogens is 434 g/mol. The second-order valence-electron chi connectivity index (χ2n) is 7.80. The summed E-state index contributed by atoms with van der Waals surface area (Å²) in [6.45, 7) is 5.39. The van der Waals surface area contributed by atoms with Crippen LogP contribution in [-0.4, -0.2) is 36.7 Å². The number of nitro benzene ring substituents is 1. The fourth-order valence-corrected chi connectivity index (χ4v) is 6.37. The van der Waals surface area contributed by atoms with Crippen LogP contribution in [0.5, 0.6) is 0 Å². The van der Waals surface area contributed by atoms with Gasteiger partial charge in [-0.2, -0.15) is 0 Å². The van der Waals surface area contributed by atoms with Crippen molar-refractivity contribution < 1.29 is 13.3 Å². The van der Waals surface area contributed by atoms with Gasteiger partial charge < -0.3 is 4.90 Å². The van der Waals surface area contributed by atoms with Gasteiger partial charge in [0.15, 0.2) is 15.0 Å². The Morgan fingerprint density at radius 3 is 2.35 bits per heavy atom. The second kappa shape index (κ2) is 8.39. The second-order valence-corrected chi connectivity index (χ2v) is 10.9. The van der Waals surface area contributed by atoms with Crippen LogP contribution in [0.1, 0.15) is 24.0 Å². The molecule has 1 aliphatic rings. The number of non-ortho nitro benzene ring substituents is 1. The molecule has 1 fully saturated rings. The monoisotopic (exact) mass is 457 g/mol. The number of benzene rings is 2. The molecule has 9 heteroatoms. The lowest BCUT2D eigenvalue weighted by atomic mass is 10.1. The van der Waals surface area contributed by atoms with E-state index in [1.54, 1.807) is 11.3 Å². The maximum atomic E-state index is 13.0. The van der Waals surface area contributed by atoms with Crippen molar-refractivity contribution in [3.63, 3.8) is 0 Å². The molecule has 3 aromatic rings. The Kier molecular flexibility index (Phi) is 5.81. The van der Waals surface area contributed by atoms with Gasteiger partial charge in [-0.3, -0.25) is 10.1 Å². The molecule has 1 aromatic heterocycles. The number of hydrogen-bond donors (Lipinski definition) is 0. The first-order valence-electron chi connectivity index (χ1n) is 10.0. The molecule has 0 saturated carbocycles. The summed E-state index contributed by atoms with van der Waals surface area (Å²) in [5.74, 6) is 0. The molecule has 0 unspecified atom stereocenters. The van der Waals surface area contributed by atoms with Crippen molar-refractivity contribution in [3.05, 3.63) is 69.1 Å². The fraction of sp³-hybridized carbons (Fsp3) is 0.318. The number of piperidine rings is 1. The third-order valence-corrected chi connectivity index (χ3v) is 9.00. The Hall–Kier alpha value is -2.78. The number of rotatable bonds is 5. The lowest BCUT2D eigenvalue weighted by molar-refractivity contribution is -0.384. The highest BCUT2D eigenvalue weighted by atomic mass is 32.2. The molecule has 0 amide bonds. The highest BCUT2D eigenvalue weighted by molar-refractivity contribution is 7.92. The van der Waals surface area contributed by atoms with Gasteiger partial charge in [-0.25, -0.2) is 13.4 Å². The topological polar surface area (TPSA) is 93.4 Å². The van der Waals surface area contributed by atoms with Crippen LogP contribution in [0.25, 0.3) is 11.3 Å². The van der Waals surface area contributed by atoms with Crippen LogP contribution in [0.2, 0.25) is 0 Å². The summed E-state index contributed by atoms with van der Waals surface area (Å²) in [7, 11) is -3.52. The van der Waals surface area contributed by atoms with E-state index in [2.05, 4.69) is 36.9 Å². The first kappa shape index (κ1) is 21.5.